The summed E-state index contributed by atoms with van der Waals surface area (Å²) in [5.41, 5.74) is 2.06. The molecule has 0 unspecified atom stereocenters. The molecule has 0 aliphatic carbocycles. The van der Waals surface area contributed by atoms with Crippen molar-refractivity contribution in [2.24, 2.45) is 5.92 Å². The molecule has 1 saturated heterocycles. The molecule has 112 valence electrons. The maximum atomic E-state index is 12.7. The van der Waals surface area contributed by atoms with E-state index in [0.29, 0.717) is 26.2 Å². The zero-order valence-electron chi connectivity index (χ0n) is 11.8. The molecule has 2 atom stereocenters. The summed E-state index contributed by atoms with van der Waals surface area (Å²) in [7, 11) is 0. The van der Waals surface area contributed by atoms with Gasteiger partial charge in [0.05, 0.1) is 12.5 Å². The van der Waals surface area contributed by atoms with Crippen molar-refractivity contribution in [2.45, 2.75) is 31.8 Å². The van der Waals surface area contributed by atoms with Crippen molar-refractivity contribution in [1.82, 2.24) is 4.90 Å². The van der Waals surface area contributed by atoms with Crippen LogP contribution in [0.25, 0.3) is 0 Å². The smallest absolute Gasteiger partial charge is 0.326 e. The van der Waals surface area contributed by atoms with Gasteiger partial charge >= 0.3 is 5.97 Å². The molecular weight excluding hydrogens is 270 g/mol. The number of hydrogen-bond donors (Lipinski definition) is 1. The highest BCUT2D eigenvalue weighted by atomic mass is 16.5. The molecule has 0 bridgehead atoms. The Labute approximate surface area is 123 Å². The second-order valence-electron chi connectivity index (χ2n) is 5.71. The lowest BCUT2D eigenvalue weighted by Crippen LogP contribution is -2.51. The van der Waals surface area contributed by atoms with Gasteiger partial charge in [0.2, 0.25) is 5.91 Å². The SMILES string of the molecule is O=C(O)[C@@H]1Cc2ccccc2CN1C(=O)[C@@H]1CCCOC1. The van der Waals surface area contributed by atoms with Gasteiger partial charge in [-0.3, -0.25) is 4.79 Å². The Morgan fingerprint density at radius 2 is 2.00 bits per heavy atom. The van der Waals surface area contributed by atoms with E-state index in [1.54, 1.807) is 0 Å². The Morgan fingerprint density at radius 1 is 1.24 bits per heavy atom. The molecule has 5 nitrogen and oxygen atoms in total. The molecule has 0 radical (unpaired) electrons. The lowest BCUT2D eigenvalue weighted by Gasteiger charge is -2.37. The van der Waals surface area contributed by atoms with Crippen molar-refractivity contribution in [3.63, 3.8) is 0 Å². The van der Waals surface area contributed by atoms with Gasteiger partial charge in [0.1, 0.15) is 6.04 Å². The van der Waals surface area contributed by atoms with Crippen LogP contribution in [0.5, 0.6) is 0 Å². The monoisotopic (exact) mass is 289 g/mol. The number of benzene rings is 1. The first-order valence-corrected chi connectivity index (χ1v) is 7.34. The molecule has 0 spiro atoms. The average molecular weight is 289 g/mol. The van der Waals surface area contributed by atoms with Crippen molar-refractivity contribution in [3.05, 3.63) is 35.4 Å². The summed E-state index contributed by atoms with van der Waals surface area (Å²) in [6, 6.07) is 6.97. The lowest BCUT2D eigenvalue weighted by molar-refractivity contribution is -0.155. The fraction of sp³-hybridized carbons (Fsp3) is 0.500. The summed E-state index contributed by atoms with van der Waals surface area (Å²) in [6.07, 6.45) is 2.02. The van der Waals surface area contributed by atoms with E-state index in [0.717, 1.165) is 24.0 Å². The summed E-state index contributed by atoms with van der Waals surface area (Å²) in [5, 5.41) is 9.46. The molecule has 1 aromatic rings. The van der Waals surface area contributed by atoms with Gasteiger partial charge in [0.15, 0.2) is 0 Å². The molecule has 0 saturated carbocycles. The number of hydrogen-bond acceptors (Lipinski definition) is 3. The zero-order valence-corrected chi connectivity index (χ0v) is 11.8. The van der Waals surface area contributed by atoms with Crippen LogP contribution in [0, 0.1) is 5.92 Å². The van der Waals surface area contributed by atoms with Crippen molar-refractivity contribution in [3.8, 4) is 0 Å². The Bertz CT molecular complexity index is 551. The number of fused-ring (bicyclic) bond motifs is 1. The van der Waals surface area contributed by atoms with E-state index in [-0.39, 0.29) is 11.8 Å². The third kappa shape index (κ3) is 2.78. The van der Waals surface area contributed by atoms with Gasteiger partial charge in [-0.05, 0) is 24.0 Å². The number of aliphatic carboxylic acids is 1. The highest BCUT2D eigenvalue weighted by Gasteiger charge is 2.37. The van der Waals surface area contributed by atoms with E-state index in [1.165, 1.54) is 4.90 Å². The molecule has 1 N–H and O–H groups in total. The summed E-state index contributed by atoms with van der Waals surface area (Å²) in [6.45, 7) is 1.47. The summed E-state index contributed by atoms with van der Waals surface area (Å²) >= 11 is 0. The minimum atomic E-state index is -0.936. The van der Waals surface area contributed by atoms with E-state index >= 15 is 0 Å². The van der Waals surface area contributed by atoms with Crippen molar-refractivity contribution < 1.29 is 19.4 Å². The number of amides is 1. The second-order valence-corrected chi connectivity index (χ2v) is 5.71. The van der Waals surface area contributed by atoms with Crippen molar-refractivity contribution >= 4 is 11.9 Å². The Kier molecular flexibility index (Phi) is 3.92. The van der Waals surface area contributed by atoms with Gasteiger partial charge < -0.3 is 14.7 Å². The molecule has 2 heterocycles. The molecule has 21 heavy (non-hydrogen) atoms. The predicted octanol–water partition coefficient (Wildman–Crippen LogP) is 1.45. The van der Waals surface area contributed by atoms with E-state index in [9.17, 15) is 14.7 Å². The van der Waals surface area contributed by atoms with Crippen LogP contribution < -0.4 is 0 Å². The van der Waals surface area contributed by atoms with Gasteiger partial charge in [0, 0.05) is 19.6 Å². The predicted molar refractivity (Wildman–Crippen MR) is 75.7 cm³/mol. The van der Waals surface area contributed by atoms with E-state index in [4.69, 9.17) is 4.74 Å². The van der Waals surface area contributed by atoms with Crippen LogP contribution in [0.3, 0.4) is 0 Å². The largest absolute Gasteiger partial charge is 0.480 e. The summed E-state index contributed by atoms with van der Waals surface area (Å²) in [5.74, 6) is -1.22. The first-order valence-electron chi connectivity index (χ1n) is 7.34. The Hall–Kier alpha value is -1.88. The summed E-state index contributed by atoms with van der Waals surface area (Å²) < 4.78 is 5.36. The summed E-state index contributed by atoms with van der Waals surface area (Å²) in [4.78, 5) is 25.7. The maximum absolute atomic E-state index is 12.7. The minimum Gasteiger partial charge on any atom is -0.480 e. The third-order valence-corrected chi connectivity index (χ3v) is 4.33. The van der Waals surface area contributed by atoms with Crippen LogP contribution in [0.15, 0.2) is 24.3 Å². The normalized spacial score (nSPS) is 25.2. The molecule has 0 aromatic heterocycles. The van der Waals surface area contributed by atoms with Crippen molar-refractivity contribution in [1.29, 1.82) is 0 Å². The fourth-order valence-corrected chi connectivity index (χ4v) is 3.15. The number of carbonyl (C=O) groups excluding carboxylic acids is 1. The average Bonchev–Trinajstić information content (AvgIpc) is 2.53. The van der Waals surface area contributed by atoms with Crippen LogP contribution in [-0.4, -0.2) is 41.1 Å². The molecule has 3 rings (SSSR count). The van der Waals surface area contributed by atoms with Crippen LogP contribution in [0.4, 0.5) is 0 Å². The first kappa shape index (κ1) is 14.1. The first-order chi connectivity index (χ1) is 10.2. The van der Waals surface area contributed by atoms with Crippen LogP contribution >= 0.6 is 0 Å². The quantitative estimate of drug-likeness (QED) is 0.895. The molecule has 1 aromatic carbocycles. The van der Waals surface area contributed by atoms with Crippen molar-refractivity contribution in [2.75, 3.05) is 13.2 Å². The number of carbonyl (C=O) groups is 2. The van der Waals surface area contributed by atoms with Crippen LogP contribution in [0.2, 0.25) is 0 Å². The lowest BCUT2D eigenvalue weighted by atomic mass is 9.91. The molecule has 2 aliphatic heterocycles. The molecule has 5 heteroatoms. The van der Waals surface area contributed by atoms with E-state index in [2.05, 4.69) is 0 Å². The standard InChI is InChI=1S/C16H19NO4/c18-15(13-6-3-7-21-10-13)17-9-12-5-2-1-4-11(12)8-14(17)16(19)20/h1-2,4-5,13-14H,3,6-10H2,(H,19,20)/t13-,14+/m1/s1. The Balaban J connectivity index is 1.85. The molecular formula is C16H19NO4. The van der Waals surface area contributed by atoms with Gasteiger partial charge in [-0.2, -0.15) is 0 Å². The fourth-order valence-electron chi connectivity index (χ4n) is 3.15. The number of carboxylic acids is 1. The number of nitrogens with zero attached hydrogens (tertiary/aromatic N) is 1. The highest BCUT2D eigenvalue weighted by molar-refractivity contribution is 5.86. The Morgan fingerprint density at radius 3 is 2.67 bits per heavy atom. The topological polar surface area (TPSA) is 66.8 Å². The number of rotatable bonds is 2. The maximum Gasteiger partial charge on any atom is 0.326 e. The van der Waals surface area contributed by atoms with Gasteiger partial charge in [-0.1, -0.05) is 24.3 Å². The number of ether oxygens (including phenoxy) is 1. The highest BCUT2D eigenvalue weighted by Crippen LogP contribution is 2.27. The van der Waals surface area contributed by atoms with Crippen LogP contribution in [0.1, 0.15) is 24.0 Å². The van der Waals surface area contributed by atoms with E-state index in [1.807, 2.05) is 24.3 Å². The van der Waals surface area contributed by atoms with Gasteiger partial charge in [-0.25, -0.2) is 4.79 Å². The van der Waals surface area contributed by atoms with Gasteiger partial charge in [-0.15, -0.1) is 0 Å². The van der Waals surface area contributed by atoms with E-state index < -0.39 is 12.0 Å². The third-order valence-electron chi connectivity index (χ3n) is 4.33. The molecule has 1 amide bonds. The molecule has 1 fully saturated rings. The van der Waals surface area contributed by atoms with Gasteiger partial charge in [0.25, 0.3) is 0 Å². The zero-order chi connectivity index (χ0) is 14.8. The second kappa shape index (κ2) is 5.85. The molecule has 2 aliphatic rings. The number of carboxylic acid groups (broad SMARTS) is 1. The minimum absolute atomic E-state index is 0.0865. The van der Waals surface area contributed by atoms with Crippen LogP contribution in [-0.2, 0) is 27.3 Å².